The van der Waals surface area contributed by atoms with E-state index in [1.54, 1.807) is 25.1 Å². The van der Waals surface area contributed by atoms with Crippen LogP contribution in [0, 0.1) is 0 Å². The highest BCUT2D eigenvalue weighted by molar-refractivity contribution is 8.01. The lowest BCUT2D eigenvalue weighted by Gasteiger charge is -2.27. The topological polar surface area (TPSA) is 60.5 Å². The van der Waals surface area contributed by atoms with Gasteiger partial charge in [0, 0.05) is 12.4 Å². The molecule has 0 radical (unpaired) electrons. The van der Waals surface area contributed by atoms with Crippen LogP contribution in [0.5, 0.6) is 5.75 Å². The van der Waals surface area contributed by atoms with E-state index in [-0.39, 0.29) is 0 Å². The molecular formula is C21H19N3OS. The summed E-state index contributed by atoms with van der Waals surface area (Å²) in [5, 5.41) is 0. The molecule has 1 aliphatic rings. The normalized spacial score (nSPS) is 19.2. The number of hydrogen-bond donors (Lipinski definition) is 1. The standard InChI is InChI=1S/C21H19N3OS/c1-25-19-9-7-17(8-10-19)21(24-20(22)14-26-21)18-6-2-4-15(12-18)16-5-3-11-23-13-16/h2-13H,14H2,1H3,(H2,22,24). The lowest BCUT2D eigenvalue weighted by atomic mass is 9.95. The van der Waals surface area contributed by atoms with Gasteiger partial charge in [-0.25, -0.2) is 4.99 Å². The third-order valence-corrected chi connectivity index (χ3v) is 5.88. The molecule has 1 atom stereocenters. The Morgan fingerprint density at radius 1 is 1.00 bits per heavy atom. The number of rotatable bonds is 4. The summed E-state index contributed by atoms with van der Waals surface area (Å²) in [6.07, 6.45) is 3.66. The van der Waals surface area contributed by atoms with E-state index in [0.717, 1.165) is 28.0 Å². The first-order chi connectivity index (χ1) is 12.7. The van der Waals surface area contributed by atoms with Gasteiger partial charge >= 0.3 is 0 Å². The highest BCUT2D eigenvalue weighted by Gasteiger charge is 2.39. The minimum Gasteiger partial charge on any atom is -0.497 e. The van der Waals surface area contributed by atoms with Gasteiger partial charge in [0.1, 0.15) is 11.6 Å². The van der Waals surface area contributed by atoms with Crippen LogP contribution < -0.4 is 10.5 Å². The number of aromatic nitrogens is 1. The van der Waals surface area contributed by atoms with Crippen molar-refractivity contribution in [2.75, 3.05) is 12.9 Å². The molecule has 3 aromatic rings. The Balaban J connectivity index is 1.83. The van der Waals surface area contributed by atoms with Crippen LogP contribution in [0.3, 0.4) is 0 Å². The van der Waals surface area contributed by atoms with E-state index >= 15 is 0 Å². The third kappa shape index (κ3) is 2.95. The van der Waals surface area contributed by atoms with E-state index in [1.807, 2.05) is 24.4 Å². The molecular weight excluding hydrogens is 342 g/mol. The Kier molecular flexibility index (Phi) is 4.39. The quantitative estimate of drug-likeness (QED) is 0.761. The lowest BCUT2D eigenvalue weighted by molar-refractivity contribution is 0.414. The number of pyridine rings is 1. The first kappa shape index (κ1) is 16.7. The van der Waals surface area contributed by atoms with Gasteiger partial charge in [-0.05, 0) is 46.5 Å². The molecule has 0 bridgehead atoms. The molecule has 2 aromatic carbocycles. The second-order valence-corrected chi connectivity index (χ2v) is 7.26. The molecule has 4 nitrogen and oxygen atoms in total. The van der Waals surface area contributed by atoms with Crippen molar-refractivity contribution >= 4 is 17.6 Å². The molecule has 0 amide bonds. The van der Waals surface area contributed by atoms with Crippen molar-refractivity contribution in [1.82, 2.24) is 4.98 Å². The molecule has 0 aliphatic carbocycles. The molecule has 1 aliphatic heterocycles. The van der Waals surface area contributed by atoms with E-state index in [2.05, 4.69) is 47.4 Å². The fourth-order valence-corrected chi connectivity index (χ4v) is 4.37. The summed E-state index contributed by atoms with van der Waals surface area (Å²) in [5.41, 5.74) is 10.5. The number of hydrogen-bond acceptors (Lipinski definition) is 5. The minimum absolute atomic E-state index is 0.533. The van der Waals surface area contributed by atoms with E-state index in [1.165, 1.54) is 0 Å². The van der Waals surface area contributed by atoms with Crippen LogP contribution in [0.25, 0.3) is 11.1 Å². The van der Waals surface area contributed by atoms with Crippen molar-refractivity contribution in [2.24, 2.45) is 10.7 Å². The summed E-state index contributed by atoms with van der Waals surface area (Å²) < 4.78 is 5.29. The first-order valence-corrected chi connectivity index (χ1v) is 9.33. The van der Waals surface area contributed by atoms with Crippen LogP contribution in [0.2, 0.25) is 0 Å². The number of benzene rings is 2. The van der Waals surface area contributed by atoms with Crippen LogP contribution in [-0.2, 0) is 4.87 Å². The van der Waals surface area contributed by atoms with Gasteiger partial charge in [-0.3, -0.25) is 4.98 Å². The zero-order valence-electron chi connectivity index (χ0n) is 14.4. The molecule has 1 unspecified atom stereocenters. The highest BCUT2D eigenvalue weighted by Crippen LogP contribution is 2.48. The molecule has 2 N–H and O–H groups in total. The molecule has 0 spiro atoms. The van der Waals surface area contributed by atoms with Crippen LogP contribution in [0.4, 0.5) is 0 Å². The van der Waals surface area contributed by atoms with Crippen molar-refractivity contribution in [3.63, 3.8) is 0 Å². The van der Waals surface area contributed by atoms with Gasteiger partial charge in [-0.2, -0.15) is 0 Å². The number of nitrogens with two attached hydrogens (primary N) is 1. The average molecular weight is 361 g/mol. The lowest BCUT2D eigenvalue weighted by Crippen LogP contribution is -2.19. The zero-order chi connectivity index (χ0) is 18.0. The maximum atomic E-state index is 6.08. The highest BCUT2D eigenvalue weighted by atomic mass is 32.2. The summed E-state index contributed by atoms with van der Waals surface area (Å²) in [6, 6.07) is 20.5. The SMILES string of the molecule is COc1ccc(C2(c3cccc(-c4cccnc4)c3)N=C(N)CS2)cc1. The summed E-state index contributed by atoms with van der Waals surface area (Å²) in [4.78, 5) is 8.55. The Labute approximate surface area is 157 Å². The fraction of sp³-hybridized carbons (Fsp3) is 0.143. The second-order valence-electron chi connectivity index (χ2n) is 6.09. The number of aliphatic imine (C=N–C) groups is 1. The van der Waals surface area contributed by atoms with Gasteiger partial charge < -0.3 is 10.5 Å². The Morgan fingerprint density at radius 2 is 1.81 bits per heavy atom. The van der Waals surface area contributed by atoms with Crippen molar-refractivity contribution < 1.29 is 4.74 Å². The molecule has 130 valence electrons. The Hall–Kier alpha value is -2.79. The molecule has 0 fully saturated rings. The summed E-state index contributed by atoms with van der Waals surface area (Å²) in [6.45, 7) is 0. The Morgan fingerprint density at radius 3 is 2.46 bits per heavy atom. The maximum Gasteiger partial charge on any atom is 0.158 e. The van der Waals surface area contributed by atoms with E-state index < -0.39 is 4.87 Å². The zero-order valence-corrected chi connectivity index (χ0v) is 15.2. The largest absolute Gasteiger partial charge is 0.497 e. The number of ether oxygens (including phenoxy) is 1. The molecule has 4 rings (SSSR count). The van der Waals surface area contributed by atoms with Crippen LogP contribution in [0.15, 0.2) is 78.0 Å². The molecule has 0 saturated carbocycles. The van der Waals surface area contributed by atoms with Crippen LogP contribution in [-0.4, -0.2) is 23.7 Å². The van der Waals surface area contributed by atoms with E-state index in [0.29, 0.717) is 11.6 Å². The van der Waals surface area contributed by atoms with Crippen LogP contribution >= 0.6 is 11.8 Å². The number of amidine groups is 1. The smallest absolute Gasteiger partial charge is 0.158 e. The van der Waals surface area contributed by atoms with Crippen molar-refractivity contribution in [3.8, 4) is 16.9 Å². The van der Waals surface area contributed by atoms with E-state index in [4.69, 9.17) is 15.5 Å². The molecule has 5 heteroatoms. The summed E-state index contributed by atoms with van der Waals surface area (Å²) in [7, 11) is 1.67. The maximum absolute atomic E-state index is 6.08. The van der Waals surface area contributed by atoms with Crippen molar-refractivity contribution in [1.29, 1.82) is 0 Å². The van der Waals surface area contributed by atoms with Crippen molar-refractivity contribution in [3.05, 3.63) is 84.2 Å². The average Bonchev–Trinajstić information content (AvgIpc) is 3.12. The monoisotopic (exact) mass is 361 g/mol. The molecule has 0 saturated heterocycles. The van der Waals surface area contributed by atoms with Gasteiger partial charge in [0.05, 0.1) is 12.9 Å². The predicted molar refractivity (Wildman–Crippen MR) is 108 cm³/mol. The Bertz CT molecular complexity index is 941. The minimum atomic E-state index is -0.533. The fourth-order valence-electron chi connectivity index (χ4n) is 3.17. The molecule has 26 heavy (non-hydrogen) atoms. The summed E-state index contributed by atoms with van der Waals surface area (Å²) in [5.74, 6) is 2.20. The van der Waals surface area contributed by atoms with Crippen molar-refractivity contribution in [2.45, 2.75) is 4.87 Å². The van der Waals surface area contributed by atoms with Gasteiger partial charge in [0.2, 0.25) is 0 Å². The van der Waals surface area contributed by atoms with E-state index in [9.17, 15) is 0 Å². The van der Waals surface area contributed by atoms with Gasteiger partial charge in [0.15, 0.2) is 4.87 Å². The first-order valence-electron chi connectivity index (χ1n) is 8.35. The molecule has 1 aromatic heterocycles. The van der Waals surface area contributed by atoms with Gasteiger partial charge in [-0.15, -0.1) is 11.8 Å². The third-order valence-electron chi connectivity index (χ3n) is 4.46. The molecule has 2 heterocycles. The summed E-state index contributed by atoms with van der Waals surface area (Å²) >= 11 is 1.74. The second kappa shape index (κ2) is 6.84. The number of thioether (sulfide) groups is 1. The van der Waals surface area contributed by atoms with Gasteiger partial charge in [0.25, 0.3) is 0 Å². The van der Waals surface area contributed by atoms with Crippen LogP contribution in [0.1, 0.15) is 11.1 Å². The predicted octanol–water partition coefficient (Wildman–Crippen LogP) is 4.06. The number of methoxy groups -OCH3 is 1. The number of nitrogens with zero attached hydrogens (tertiary/aromatic N) is 2. The van der Waals surface area contributed by atoms with Gasteiger partial charge in [-0.1, -0.05) is 36.4 Å².